The maximum absolute atomic E-state index is 10.9. The zero-order valence-electron chi connectivity index (χ0n) is 5.31. The third kappa shape index (κ3) is 5.01. The van der Waals surface area contributed by atoms with E-state index in [0.717, 1.165) is 0 Å². The SMILES string of the molecule is COP(C)(=O)CP(O)O. The van der Waals surface area contributed by atoms with E-state index in [1.165, 1.54) is 13.8 Å². The molecule has 2 N–H and O–H groups in total. The summed E-state index contributed by atoms with van der Waals surface area (Å²) >= 11 is 0. The third-order valence-electron chi connectivity index (χ3n) is 0.770. The number of hydrogen-bond acceptors (Lipinski definition) is 4. The van der Waals surface area contributed by atoms with Crippen molar-refractivity contribution in [2.45, 2.75) is 0 Å². The first-order valence-corrected chi connectivity index (χ1v) is 5.94. The van der Waals surface area contributed by atoms with Crippen molar-refractivity contribution in [3.05, 3.63) is 0 Å². The van der Waals surface area contributed by atoms with E-state index in [4.69, 9.17) is 9.79 Å². The summed E-state index contributed by atoms with van der Waals surface area (Å²) in [5.41, 5.74) is 0. The Morgan fingerprint density at radius 2 is 2.11 bits per heavy atom. The van der Waals surface area contributed by atoms with Gasteiger partial charge in [-0.3, -0.25) is 4.57 Å². The summed E-state index contributed by atoms with van der Waals surface area (Å²) in [5.74, 6) is -0.140. The van der Waals surface area contributed by atoms with Gasteiger partial charge in [0, 0.05) is 13.8 Å². The summed E-state index contributed by atoms with van der Waals surface area (Å²) in [4.78, 5) is 16.8. The third-order valence-corrected chi connectivity index (χ3v) is 4.61. The molecule has 0 spiro atoms. The molecule has 0 radical (unpaired) electrons. The fourth-order valence-electron chi connectivity index (χ4n) is 0.288. The minimum absolute atomic E-state index is 0.140. The molecular formula is C3H10O4P2. The zero-order chi connectivity index (χ0) is 7.49. The van der Waals surface area contributed by atoms with Crippen LogP contribution in [0.25, 0.3) is 0 Å². The van der Waals surface area contributed by atoms with E-state index in [0.29, 0.717) is 0 Å². The van der Waals surface area contributed by atoms with Crippen LogP contribution in [0.15, 0.2) is 0 Å². The molecule has 0 amide bonds. The Kier molecular flexibility index (Phi) is 3.86. The van der Waals surface area contributed by atoms with Crippen molar-refractivity contribution in [1.82, 2.24) is 0 Å². The molecule has 1 atom stereocenters. The zero-order valence-corrected chi connectivity index (χ0v) is 7.10. The molecule has 0 saturated heterocycles. The van der Waals surface area contributed by atoms with Crippen molar-refractivity contribution >= 4 is 15.7 Å². The van der Waals surface area contributed by atoms with Crippen LogP contribution in [0.5, 0.6) is 0 Å². The average Bonchev–Trinajstić information content (AvgIpc) is 1.63. The van der Waals surface area contributed by atoms with Crippen LogP contribution in [0.1, 0.15) is 0 Å². The first-order chi connectivity index (χ1) is 3.98. The maximum atomic E-state index is 10.9. The van der Waals surface area contributed by atoms with Crippen molar-refractivity contribution in [3.8, 4) is 0 Å². The molecule has 0 saturated carbocycles. The highest BCUT2D eigenvalue weighted by molar-refractivity contribution is 7.70. The lowest BCUT2D eigenvalue weighted by molar-refractivity contribution is 0.399. The first-order valence-electron chi connectivity index (χ1n) is 2.25. The molecule has 0 aromatic heterocycles. The van der Waals surface area contributed by atoms with Crippen molar-refractivity contribution in [1.29, 1.82) is 0 Å². The van der Waals surface area contributed by atoms with Gasteiger partial charge in [0.05, 0.1) is 5.90 Å². The molecular weight excluding hydrogens is 162 g/mol. The lowest BCUT2D eigenvalue weighted by Crippen LogP contribution is -1.87. The summed E-state index contributed by atoms with van der Waals surface area (Å²) in [6.45, 7) is 1.37. The van der Waals surface area contributed by atoms with Gasteiger partial charge in [-0.1, -0.05) is 0 Å². The standard InChI is InChI=1S/C3H10O4P2/c1-7-9(2,6)3-8(4)5/h4-5H,3H2,1-2H3. The van der Waals surface area contributed by atoms with E-state index in [-0.39, 0.29) is 5.90 Å². The molecule has 0 aliphatic rings. The van der Waals surface area contributed by atoms with Crippen LogP contribution in [0.3, 0.4) is 0 Å². The maximum Gasteiger partial charge on any atom is 0.208 e. The molecule has 0 aliphatic carbocycles. The molecule has 1 unspecified atom stereocenters. The summed E-state index contributed by atoms with van der Waals surface area (Å²) in [6, 6.07) is 0. The Labute approximate surface area is 55.2 Å². The van der Waals surface area contributed by atoms with Gasteiger partial charge in [-0.25, -0.2) is 0 Å². The topological polar surface area (TPSA) is 66.8 Å². The molecule has 56 valence electrons. The summed E-state index contributed by atoms with van der Waals surface area (Å²) in [5, 5.41) is 0. The van der Waals surface area contributed by atoms with Crippen LogP contribution in [-0.2, 0) is 9.09 Å². The summed E-state index contributed by atoms with van der Waals surface area (Å²) in [7, 11) is -3.49. The smallest absolute Gasteiger partial charge is 0.208 e. The van der Waals surface area contributed by atoms with Gasteiger partial charge in [0.2, 0.25) is 7.37 Å². The van der Waals surface area contributed by atoms with Crippen molar-refractivity contribution in [3.63, 3.8) is 0 Å². The van der Waals surface area contributed by atoms with Gasteiger partial charge in [-0.2, -0.15) is 0 Å². The van der Waals surface area contributed by atoms with Crippen molar-refractivity contribution < 1.29 is 18.9 Å². The Bertz CT molecular complexity index is 123. The van der Waals surface area contributed by atoms with Gasteiger partial charge >= 0.3 is 0 Å². The van der Waals surface area contributed by atoms with Crippen LogP contribution in [0.4, 0.5) is 0 Å². The number of rotatable bonds is 3. The van der Waals surface area contributed by atoms with Crippen LogP contribution in [0, 0.1) is 0 Å². The molecule has 0 aromatic carbocycles. The molecule has 9 heavy (non-hydrogen) atoms. The Morgan fingerprint density at radius 1 is 1.67 bits per heavy atom. The average molecular weight is 172 g/mol. The quantitative estimate of drug-likeness (QED) is 0.617. The Hall–Kier alpha value is 0.540. The highest BCUT2D eigenvalue weighted by Gasteiger charge is 2.17. The highest BCUT2D eigenvalue weighted by atomic mass is 31.2. The molecule has 6 heteroatoms. The summed E-state index contributed by atoms with van der Waals surface area (Å²) in [6.07, 6.45) is 0. The predicted octanol–water partition coefficient (Wildman–Crippen LogP) is 0.795. The van der Waals surface area contributed by atoms with Crippen LogP contribution in [-0.4, -0.2) is 29.5 Å². The van der Waals surface area contributed by atoms with Gasteiger partial charge in [0.25, 0.3) is 0 Å². The van der Waals surface area contributed by atoms with Crippen LogP contribution < -0.4 is 0 Å². The molecule has 0 bridgehead atoms. The van der Waals surface area contributed by atoms with E-state index in [1.807, 2.05) is 0 Å². The minimum Gasteiger partial charge on any atom is -0.350 e. The Morgan fingerprint density at radius 3 is 2.22 bits per heavy atom. The van der Waals surface area contributed by atoms with Gasteiger partial charge in [0.1, 0.15) is 0 Å². The van der Waals surface area contributed by atoms with E-state index in [1.54, 1.807) is 0 Å². The second kappa shape index (κ2) is 3.65. The molecule has 0 aromatic rings. The monoisotopic (exact) mass is 172 g/mol. The largest absolute Gasteiger partial charge is 0.350 e. The van der Waals surface area contributed by atoms with E-state index in [2.05, 4.69) is 4.52 Å². The van der Waals surface area contributed by atoms with E-state index < -0.39 is 15.7 Å². The van der Waals surface area contributed by atoms with Gasteiger partial charge in [-0.05, 0) is 0 Å². The van der Waals surface area contributed by atoms with E-state index >= 15 is 0 Å². The predicted molar refractivity (Wildman–Crippen MR) is 36.8 cm³/mol. The second-order valence-corrected chi connectivity index (χ2v) is 5.98. The number of hydrogen-bond donors (Lipinski definition) is 2. The lowest BCUT2D eigenvalue weighted by Gasteiger charge is -2.09. The van der Waals surface area contributed by atoms with Crippen LogP contribution >= 0.6 is 15.7 Å². The molecule has 4 nitrogen and oxygen atoms in total. The van der Waals surface area contributed by atoms with Gasteiger partial charge < -0.3 is 14.3 Å². The molecule has 0 fully saturated rings. The highest BCUT2D eigenvalue weighted by Crippen LogP contribution is 2.50. The lowest BCUT2D eigenvalue weighted by atomic mass is 11.8. The minimum atomic E-state index is -2.70. The van der Waals surface area contributed by atoms with Gasteiger partial charge in [0.15, 0.2) is 8.38 Å². The summed E-state index contributed by atoms with van der Waals surface area (Å²) < 4.78 is 15.4. The van der Waals surface area contributed by atoms with E-state index in [9.17, 15) is 4.57 Å². The molecule has 0 aliphatic heterocycles. The normalized spacial score (nSPS) is 17.9. The fourth-order valence-corrected chi connectivity index (χ4v) is 2.59. The molecule has 0 heterocycles. The molecule has 0 rings (SSSR count). The van der Waals surface area contributed by atoms with Gasteiger partial charge in [-0.15, -0.1) is 0 Å². The van der Waals surface area contributed by atoms with Crippen molar-refractivity contribution in [2.24, 2.45) is 0 Å². The van der Waals surface area contributed by atoms with Crippen molar-refractivity contribution in [2.75, 3.05) is 19.7 Å². The fraction of sp³-hybridized carbons (Fsp3) is 1.00. The van der Waals surface area contributed by atoms with Crippen LogP contribution in [0.2, 0.25) is 0 Å². The Balaban J connectivity index is 3.73. The second-order valence-electron chi connectivity index (χ2n) is 1.71. The first kappa shape index (κ1) is 9.54.